The van der Waals surface area contributed by atoms with Crippen molar-refractivity contribution in [2.75, 3.05) is 11.9 Å². The fourth-order valence-corrected chi connectivity index (χ4v) is 6.36. The predicted octanol–water partition coefficient (Wildman–Crippen LogP) is 7.93. The van der Waals surface area contributed by atoms with Crippen molar-refractivity contribution in [3.63, 3.8) is 0 Å². The molecule has 1 heterocycles. The lowest BCUT2D eigenvalue weighted by Gasteiger charge is -2.20. The van der Waals surface area contributed by atoms with E-state index in [0.717, 1.165) is 52.7 Å². The summed E-state index contributed by atoms with van der Waals surface area (Å²) in [5, 5.41) is 3.64. The monoisotopic (exact) mass is 437 g/mol. The molecule has 1 aromatic heterocycles. The summed E-state index contributed by atoms with van der Waals surface area (Å²) in [6, 6.07) is 21.3. The maximum atomic E-state index is 4.89. The summed E-state index contributed by atoms with van der Waals surface area (Å²) in [5.41, 5.74) is 6.67. The summed E-state index contributed by atoms with van der Waals surface area (Å²) >= 11 is 0. The van der Waals surface area contributed by atoms with Crippen LogP contribution in [0.4, 0.5) is 11.5 Å². The number of anilines is 1. The van der Waals surface area contributed by atoms with Crippen molar-refractivity contribution >= 4 is 18.2 Å². The van der Waals surface area contributed by atoms with Crippen LogP contribution in [0.5, 0.6) is 0 Å². The second-order valence-electron chi connectivity index (χ2n) is 10.1. The minimum atomic E-state index is 0.696. The molecule has 3 aromatic rings. The summed E-state index contributed by atoms with van der Waals surface area (Å²) in [7, 11) is 0. The molecular formula is C30H35N3. The van der Waals surface area contributed by atoms with Gasteiger partial charge >= 0.3 is 0 Å². The Morgan fingerprint density at radius 2 is 1.61 bits per heavy atom. The molecule has 1 N–H and O–H groups in total. The quantitative estimate of drug-likeness (QED) is 0.381. The number of aliphatic imine (C=N–C) groups is 1. The fourth-order valence-electron chi connectivity index (χ4n) is 6.36. The highest BCUT2D eigenvalue weighted by Crippen LogP contribution is 2.51. The summed E-state index contributed by atoms with van der Waals surface area (Å²) in [6.07, 6.45) is 6.96. The molecule has 33 heavy (non-hydrogen) atoms. The van der Waals surface area contributed by atoms with E-state index in [0.29, 0.717) is 5.82 Å². The Morgan fingerprint density at radius 1 is 0.909 bits per heavy atom. The Kier molecular flexibility index (Phi) is 6.30. The zero-order valence-corrected chi connectivity index (χ0v) is 19.9. The van der Waals surface area contributed by atoms with E-state index < -0.39 is 0 Å². The van der Waals surface area contributed by atoms with Crippen LogP contribution in [0.15, 0.2) is 65.7 Å². The molecule has 4 atom stereocenters. The Hall–Kier alpha value is -2.94. The molecule has 0 bridgehead atoms. The number of aryl methyl sites for hydroxylation is 1. The zero-order valence-electron chi connectivity index (χ0n) is 19.9. The van der Waals surface area contributed by atoms with E-state index in [-0.39, 0.29) is 0 Å². The van der Waals surface area contributed by atoms with E-state index in [1.54, 1.807) is 0 Å². The first-order valence-electron chi connectivity index (χ1n) is 12.5. The molecule has 2 fully saturated rings. The first-order valence-corrected chi connectivity index (χ1v) is 12.5. The van der Waals surface area contributed by atoms with Crippen molar-refractivity contribution in [2.45, 2.75) is 46.0 Å². The van der Waals surface area contributed by atoms with Gasteiger partial charge in [-0.05, 0) is 85.8 Å². The first kappa shape index (κ1) is 21.9. The molecule has 0 amide bonds. The highest BCUT2D eigenvalue weighted by molar-refractivity contribution is 5.75. The number of rotatable bonds is 7. The van der Waals surface area contributed by atoms with Gasteiger partial charge in [0.05, 0.1) is 11.4 Å². The van der Waals surface area contributed by atoms with E-state index in [1.807, 2.05) is 6.07 Å². The number of nitrogens with one attached hydrogen (secondary N) is 1. The standard InChI is InChI=1S/C30H35N3/c1-20-9-15-27-24(14-16-26(20)27)17-18-32-28-19-21(2)29(33-30(28)31-3)25-12-10-23(11-13-25)22-7-5-4-6-8-22/h4-8,10-13,19-20,24,26-27,32H,3,9,14-18H2,1-2H3. The Bertz CT molecular complexity index is 1100. The Morgan fingerprint density at radius 3 is 2.36 bits per heavy atom. The van der Waals surface area contributed by atoms with E-state index in [9.17, 15) is 0 Å². The molecule has 2 saturated carbocycles. The zero-order chi connectivity index (χ0) is 22.8. The van der Waals surface area contributed by atoms with Gasteiger partial charge in [-0.25, -0.2) is 9.98 Å². The third-order valence-electron chi connectivity index (χ3n) is 8.15. The number of pyridine rings is 1. The molecule has 0 radical (unpaired) electrons. The number of fused-ring (bicyclic) bond motifs is 1. The molecule has 170 valence electrons. The molecule has 0 saturated heterocycles. The SMILES string of the molecule is C=Nc1nc(-c2ccc(-c3ccccc3)cc2)c(C)cc1NCCC1CCC2C(C)CCC12. The van der Waals surface area contributed by atoms with Crippen molar-refractivity contribution in [1.29, 1.82) is 0 Å². The topological polar surface area (TPSA) is 37.3 Å². The van der Waals surface area contributed by atoms with Gasteiger partial charge in [0.1, 0.15) is 0 Å². The summed E-state index contributed by atoms with van der Waals surface area (Å²) in [5.74, 6) is 4.45. The molecule has 2 aliphatic rings. The molecule has 0 aliphatic heterocycles. The van der Waals surface area contributed by atoms with E-state index in [1.165, 1.54) is 43.2 Å². The van der Waals surface area contributed by atoms with Gasteiger partial charge in [0.15, 0.2) is 5.82 Å². The van der Waals surface area contributed by atoms with Crippen LogP contribution >= 0.6 is 0 Å². The maximum absolute atomic E-state index is 4.89. The van der Waals surface area contributed by atoms with Crippen LogP contribution in [0.2, 0.25) is 0 Å². The second kappa shape index (κ2) is 9.51. The van der Waals surface area contributed by atoms with Gasteiger partial charge in [-0.3, -0.25) is 0 Å². The molecule has 2 aliphatic carbocycles. The fraction of sp³-hybridized carbons (Fsp3) is 0.400. The van der Waals surface area contributed by atoms with Crippen LogP contribution in [0.1, 0.15) is 44.6 Å². The number of nitrogens with zero attached hydrogens (tertiary/aromatic N) is 2. The smallest absolute Gasteiger partial charge is 0.175 e. The molecule has 5 rings (SSSR count). The molecule has 0 spiro atoms. The van der Waals surface area contributed by atoms with E-state index in [2.05, 4.69) is 85.5 Å². The Balaban J connectivity index is 1.28. The largest absolute Gasteiger partial charge is 0.382 e. The number of hydrogen-bond donors (Lipinski definition) is 1. The van der Waals surface area contributed by atoms with Crippen LogP contribution in [0, 0.1) is 30.6 Å². The maximum Gasteiger partial charge on any atom is 0.175 e. The predicted molar refractivity (Wildman–Crippen MR) is 140 cm³/mol. The lowest BCUT2D eigenvalue weighted by Crippen LogP contribution is -2.15. The van der Waals surface area contributed by atoms with Crippen molar-refractivity contribution in [2.24, 2.45) is 28.7 Å². The number of aromatic nitrogens is 1. The van der Waals surface area contributed by atoms with Crippen molar-refractivity contribution in [3.05, 3.63) is 66.2 Å². The summed E-state index contributed by atoms with van der Waals surface area (Å²) < 4.78 is 0. The van der Waals surface area contributed by atoms with Gasteiger partial charge in [0.25, 0.3) is 0 Å². The van der Waals surface area contributed by atoms with Gasteiger partial charge in [-0.15, -0.1) is 0 Å². The number of benzene rings is 2. The third kappa shape index (κ3) is 4.46. The van der Waals surface area contributed by atoms with E-state index >= 15 is 0 Å². The van der Waals surface area contributed by atoms with Gasteiger partial charge in [-0.1, -0.05) is 67.9 Å². The lowest BCUT2D eigenvalue weighted by atomic mass is 9.88. The van der Waals surface area contributed by atoms with Crippen LogP contribution in [-0.2, 0) is 0 Å². The minimum absolute atomic E-state index is 0.696. The minimum Gasteiger partial charge on any atom is -0.382 e. The van der Waals surface area contributed by atoms with E-state index in [4.69, 9.17) is 4.98 Å². The van der Waals surface area contributed by atoms with Crippen molar-refractivity contribution < 1.29 is 0 Å². The molecule has 3 nitrogen and oxygen atoms in total. The van der Waals surface area contributed by atoms with Crippen LogP contribution in [-0.4, -0.2) is 18.2 Å². The van der Waals surface area contributed by atoms with Gasteiger partial charge in [0.2, 0.25) is 0 Å². The van der Waals surface area contributed by atoms with Gasteiger partial charge in [-0.2, -0.15) is 0 Å². The normalized spacial score (nSPS) is 23.9. The van der Waals surface area contributed by atoms with Crippen LogP contribution in [0.3, 0.4) is 0 Å². The molecule has 3 heteroatoms. The average molecular weight is 438 g/mol. The average Bonchev–Trinajstić information content (AvgIpc) is 3.43. The highest BCUT2D eigenvalue weighted by Gasteiger charge is 2.42. The summed E-state index contributed by atoms with van der Waals surface area (Å²) in [4.78, 5) is 9.14. The third-order valence-corrected chi connectivity index (χ3v) is 8.15. The summed E-state index contributed by atoms with van der Waals surface area (Å²) in [6.45, 7) is 9.37. The molecular weight excluding hydrogens is 402 g/mol. The first-order chi connectivity index (χ1) is 16.1. The Labute approximate surface area is 198 Å². The second-order valence-corrected chi connectivity index (χ2v) is 10.1. The van der Waals surface area contributed by atoms with Crippen molar-refractivity contribution in [1.82, 2.24) is 4.98 Å². The number of hydrogen-bond acceptors (Lipinski definition) is 3. The van der Waals surface area contributed by atoms with Crippen molar-refractivity contribution in [3.8, 4) is 22.4 Å². The highest BCUT2D eigenvalue weighted by atomic mass is 15.0. The molecule has 2 aromatic carbocycles. The van der Waals surface area contributed by atoms with Gasteiger partial charge < -0.3 is 5.32 Å². The van der Waals surface area contributed by atoms with Crippen LogP contribution in [0.25, 0.3) is 22.4 Å². The van der Waals surface area contributed by atoms with Gasteiger partial charge in [0, 0.05) is 12.1 Å². The lowest BCUT2D eigenvalue weighted by molar-refractivity contribution is 0.317. The molecule has 4 unspecified atom stereocenters. The van der Waals surface area contributed by atoms with Crippen LogP contribution < -0.4 is 5.32 Å².